The van der Waals surface area contributed by atoms with E-state index in [1.807, 2.05) is 6.07 Å². The summed E-state index contributed by atoms with van der Waals surface area (Å²) in [6.07, 6.45) is 0. The molecule has 0 spiro atoms. The Balaban J connectivity index is 2.87. The number of rotatable bonds is 6. The summed E-state index contributed by atoms with van der Waals surface area (Å²) in [5, 5.41) is 19.7. The highest BCUT2D eigenvalue weighted by Crippen LogP contribution is 2.10. The highest BCUT2D eigenvalue weighted by atomic mass is 32.2. The molecule has 0 radical (unpaired) electrons. The van der Waals surface area contributed by atoms with E-state index in [0.29, 0.717) is 11.1 Å². The number of carboxylic acids is 1. The van der Waals surface area contributed by atoms with Gasteiger partial charge >= 0.3 is 5.97 Å². The molecule has 2 N–H and O–H groups in total. The van der Waals surface area contributed by atoms with Gasteiger partial charge in [-0.05, 0) is 17.7 Å². The predicted octanol–water partition coefficient (Wildman–Crippen LogP) is 0.0624. The molecule has 1 unspecified atom stereocenters. The van der Waals surface area contributed by atoms with Gasteiger partial charge in [0.2, 0.25) is 5.91 Å². The van der Waals surface area contributed by atoms with Crippen molar-refractivity contribution in [3.8, 4) is 6.07 Å². The number of hydrogen-bond donors (Lipinski definition) is 2. The second-order valence-electron chi connectivity index (χ2n) is 4.46. The van der Waals surface area contributed by atoms with Crippen LogP contribution in [-0.4, -0.2) is 37.2 Å². The summed E-state index contributed by atoms with van der Waals surface area (Å²) in [5.41, 5.74) is 0.709. The van der Waals surface area contributed by atoms with E-state index >= 15 is 0 Å². The van der Waals surface area contributed by atoms with Gasteiger partial charge in [-0.25, -0.2) is 13.2 Å². The third kappa shape index (κ3) is 5.62. The maximum atomic E-state index is 12.0. The lowest BCUT2D eigenvalue weighted by Gasteiger charge is -2.13. The van der Waals surface area contributed by atoms with E-state index in [0.717, 1.165) is 6.92 Å². The fourth-order valence-electron chi connectivity index (χ4n) is 1.72. The van der Waals surface area contributed by atoms with Crippen LogP contribution in [0.3, 0.4) is 0 Å². The normalized spacial score (nSPS) is 12.2. The van der Waals surface area contributed by atoms with Gasteiger partial charge in [0, 0.05) is 6.92 Å². The summed E-state index contributed by atoms with van der Waals surface area (Å²) in [5.74, 6) is -3.14. The second-order valence-corrected chi connectivity index (χ2v) is 6.57. The zero-order valence-corrected chi connectivity index (χ0v) is 12.1. The number of nitrogens with one attached hydrogen (secondary N) is 1. The first-order chi connectivity index (χ1) is 9.73. The Labute approximate surface area is 122 Å². The van der Waals surface area contributed by atoms with E-state index < -0.39 is 39.3 Å². The van der Waals surface area contributed by atoms with Crippen molar-refractivity contribution in [1.29, 1.82) is 5.26 Å². The van der Waals surface area contributed by atoms with Gasteiger partial charge in [-0.2, -0.15) is 5.26 Å². The Kier molecular flexibility index (Phi) is 5.44. The molecule has 7 nitrogen and oxygen atoms in total. The Morgan fingerprint density at radius 2 is 2.10 bits per heavy atom. The molecule has 1 amide bonds. The van der Waals surface area contributed by atoms with Gasteiger partial charge in [0.25, 0.3) is 0 Å². The minimum absolute atomic E-state index is 0.319. The van der Waals surface area contributed by atoms with E-state index in [1.165, 1.54) is 18.2 Å². The topological polar surface area (TPSA) is 124 Å². The fourth-order valence-corrected chi connectivity index (χ4v) is 3.26. The van der Waals surface area contributed by atoms with Crippen LogP contribution in [-0.2, 0) is 25.2 Å². The average molecular weight is 310 g/mol. The average Bonchev–Trinajstić information content (AvgIpc) is 2.36. The zero-order valence-electron chi connectivity index (χ0n) is 11.2. The van der Waals surface area contributed by atoms with Crippen LogP contribution in [0.25, 0.3) is 0 Å². The van der Waals surface area contributed by atoms with E-state index in [2.05, 4.69) is 5.32 Å². The lowest BCUT2D eigenvalue weighted by atomic mass is 10.2. The van der Waals surface area contributed by atoms with Gasteiger partial charge in [-0.15, -0.1) is 0 Å². The smallest absolute Gasteiger partial charge is 0.327 e. The molecule has 112 valence electrons. The highest BCUT2D eigenvalue weighted by Gasteiger charge is 2.26. The lowest BCUT2D eigenvalue weighted by Crippen LogP contribution is -2.44. The molecule has 0 aliphatic carbocycles. The van der Waals surface area contributed by atoms with Crippen LogP contribution in [0.1, 0.15) is 18.1 Å². The summed E-state index contributed by atoms with van der Waals surface area (Å²) in [7, 11) is -3.75. The molecule has 0 bridgehead atoms. The number of hydrogen-bond acceptors (Lipinski definition) is 5. The van der Waals surface area contributed by atoms with Crippen LogP contribution in [0.15, 0.2) is 24.3 Å². The number of nitriles is 1. The molecule has 8 heteroatoms. The van der Waals surface area contributed by atoms with E-state index in [9.17, 15) is 18.0 Å². The van der Waals surface area contributed by atoms with E-state index in [4.69, 9.17) is 10.4 Å². The molecule has 0 aliphatic rings. The summed E-state index contributed by atoms with van der Waals surface area (Å²) in [4.78, 5) is 21.8. The number of amides is 1. The third-order valence-corrected chi connectivity index (χ3v) is 4.15. The summed E-state index contributed by atoms with van der Waals surface area (Å²) in [6, 6.07) is 6.44. The van der Waals surface area contributed by atoms with Crippen molar-refractivity contribution in [3.63, 3.8) is 0 Å². The maximum absolute atomic E-state index is 12.0. The molecule has 0 aliphatic heterocycles. The van der Waals surface area contributed by atoms with Crippen molar-refractivity contribution in [2.24, 2.45) is 0 Å². The van der Waals surface area contributed by atoms with Gasteiger partial charge in [0.05, 0.1) is 23.1 Å². The third-order valence-electron chi connectivity index (χ3n) is 2.54. The summed E-state index contributed by atoms with van der Waals surface area (Å²) >= 11 is 0. The monoisotopic (exact) mass is 310 g/mol. The first-order valence-electron chi connectivity index (χ1n) is 5.93. The Morgan fingerprint density at radius 3 is 2.62 bits per heavy atom. The van der Waals surface area contributed by atoms with Crippen molar-refractivity contribution in [1.82, 2.24) is 5.32 Å². The van der Waals surface area contributed by atoms with Crippen molar-refractivity contribution >= 4 is 21.7 Å². The predicted molar refractivity (Wildman–Crippen MR) is 73.9 cm³/mol. The Morgan fingerprint density at radius 1 is 1.43 bits per heavy atom. The van der Waals surface area contributed by atoms with Crippen LogP contribution in [0.2, 0.25) is 0 Å². The molecule has 1 atom stereocenters. The quantitative estimate of drug-likeness (QED) is 0.765. The molecular weight excluding hydrogens is 296 g/mol. The molecule has 1 aromatic rings. The number of sulfone groups is 1. The number of carbonyl (C=O) groups excluding carboxylic acids is 1. The van der Waals surface area contributed by atoms with Crippen LogP contribution >= 0.6 is 0 Å². The van der Waals surface area contributed by atoms with Crippen LogP contribution in [0.5, 0.6) is 0 Å². The maximum Gasteiger partial charge on any atom is 0.327 e. The zero-order chi connectivity index (χ0) is 16.0. The number of benzene rings is 1. The molecule has 0 saturated carbocycles. The van der Waals surface area contributed by atoms with Gasteiger partial charge < -0.3 is 10.4 Å². The number of carbonyl (C=O) groups is 2. The highest BCUT2D eigenvalue weighted by molar-refractivity contribution is 7.90. The number of aliphatic carboxylic acids is 1. The second kappa shape index (κ2) is 6.85. The van der Waals surface area contributed by atoms with Crippen molar-refractivity contribution < 1.29 is 23.1 Å². The minimum atomic E-state index is -3.75. The lowest BCUT2D eigenvalue weighted by molar-refractivity contribution is -0.140. The summed E-state index contributed by atoms with van der Waals surface area (Å²) < 4.78 is 24.0. The standard InChI is InChI=1S/C13H14N2O5S/c1-9(16)15-12(13(17)18)8-21(19,20)7-11-4-2-3-10(5-11)6-14/h2-5,12H,7-8H2,1H3,(H,15,16)(H,17,18). The van der Waals surface area contributed by atoms with Gasteiger partial charge in [-0.3, -0.25) is 4.79 Å². The van der Waals surface area contributed by atoms with Crippen LogP contribution in [0, 0.1) is 11.3 Å². The van der Waals surface area contributed by atoms with Gasteiger partial charge in [0.1, 0.15) is 6.04 Å². The van der Waals surface area contributed by atoms with Gasteiger partial charge in [-0.1, -0.05) is 12.1 Å². The first kappa shape index (κ1) is 16.7. The van der Waals surface area contributed by atoms with Crippen LogP contribution in [0.4, 0.5) is 0 Å². The number of carboxylic acid groups (broad SMARTS) is 1. The van der Waals surface area contributed by atoms with Crippen molar-refractivity contribution in [3.05, 3.63) is 35.4 Å². The first-order valence-corrected chi connectivity index (χ1v) is 7.75. The summed E-state index contributed by atoms with van der Waals surface area (Å²) in [6.45, 7) is 1.11. The molecule has 1 aromatic carbocycles. The molecule has 21 heavy (non-hydrogen) atoms. The largest absolute Gasteiger partial charge is 0.480 e. The number of nitrogens with zero attached hydrogens (tertiary/aromatic N) is 1. The molecule has 0 saturated heterocycles. The van der Waals surface area contributed by atoms with Crippen LogP contribution < -0.4 is 5.32 Å². The molecule has 0 heterocycles. The molecular formula is C13H14N2O5S. The molecule has 1 rings (SSSR count). The van der Waals surface area contributed by atoms with E-state index in [-0.39, 0.29) is 0 Å². The Hall–Kier alpha value is -2.40. The molecule has 0 aromatic heterocycles. The van der Waals surface area contributed by atoms with Crippen molar-refractivity contribution in [2.75, 3.05) is 5.75 Å². The SMILES string of the molecule is CC(=O)NC(CS(=O)(=O)Cc1cccc(C#N)c1)C(=O)O. The van der Waals surface area contributed by atoms with E-state index in [1.54, 1.807) is 6.07 Å². The van der Waals surface area contributed by atoms with Crippen molar-refractivity contribution in [2.45, 2.75) is 18.7 Å². The Bertz CT molecular complexity index is 691. The fraction of sp³-hybridized carbons (Fsp3) is 0.308. The minimum Gasteiger partial charge on any atom is -0.480 e. The molecule has 0 fully saturated rings. The van der Waals surface area contributed by atoms with Gasteiger partial charge in [0.15, 0.2) is 9.84 Å².